The van der Waals surface area contributed by atoms with E-state index in [2.05, 4.69) is 0 Å². The average Bonchev–Trinajstić information content (AvgIpc) is 2.49. The predicted octanol–water partition coefficient (Wildman–Crippen LogP) is 1.93. The molecule has 0 N–H and O–H groups in total. The first kappa shape index (κ1) is 14.0. The van der Waals surface area contributed by atoms with Gasteiger partial charge in [0.05, 0.1) is 12.3 Å². The molecule has 0 bridgehead atoms. The van der Waals surface area contributed by atoms with Gasteiger partial charge in [0.1, 0.15) is 5.75 Å². The van der Waals surface area contributed by atoms with Crippen molar-refractivity contribution < 1.29 is 18.0 Å². The molecule has 0 heterocycles. The highest BCUT2D eigenvalue weighted by molar-refractivity contribution is 6.78. The minimum atomic E-state index is -2.95. The number of rotatable bonds is 5. The van der Waals surface area contributed by atoms with Crippen molar-refractivity contribution in [1.29, 1.82) is 0 Å². The zero-order valence-electron chi connectivity index (χ0n) is 11.6. The van der Waals surface area contributed by atoms with Crippen molar-refractivity contribution in [3.05, 3.63) is 36.4 Å². The van der Waals surface area contributed by atoms with E-state index in [4.69, 9.17) is 18.0 Å². The molecular formula is C14H18O4Si. The second-order valence-corrected chi connectivity index (χ2v) is 6.87. The monoisotopic (exact) mass is 278 g/mol. The van der Waals surface area contributed by atoms with Crippen molar-refractivity contribution in [2.75, 3.05) is 28.4 Å². The van der Waals surface area contributed by atoms with Gasteiger partial charge < -0.3 is 18.0 Å². The first-order valence-electron chi connectivity index (χ1n) is 5.94. The molecule has 0 saturated carbocycles. The number of hydrogen-bond donors (Lipinski definition) is 0. The Morgan fingerprint density at radius 3 is 2.00 bits per heavy atom. The molecule has 0 unspecified atom stereocenters. The van der Waals surface area contributed by atoms with Gasteiger partial charge in [-0.2, -0.15) is 0 Å². The second kappa shape index (κ2) is 5.71. The molecule has 0 aliphatic carbocycles. The summed E-state index contributed by atoms with van der Waals surface area (Å²) in [7, 11) is 3.48. The van der Waals surface area contributed by atoms with Crippen LogP contribution >= 0.6 is 0 Å². The number of methoxy groups -OCH3 is 1. The molecule has 0 aromatic heterocycles. The summed E-state index contributed by atoms with van der Waals surface area (Å²) in [5, 5.41) is 2.99. The van der Waals surface area contributed by atoms with Crippen LogP contribution in [0.5, 0.6) is 5.75 Å². The molecule has 0 fully saturated rings. The Morgan fingerprint density at radius 1 is 0.789 bits per heavy atom. The Bertz CT molecular complexity index is 558. The fraction of sp³-hybridized carbons (Fsp3) is 0.286. The van der Waals surface area contributed by atoms with Crippen LogP contribution in [0.25, 0.3) is 10.8 Å². The molecule has 0 atom stereocenters. The first-order valence-corrected chi connectivity index (χ1v) is 7.66. The van der Waals surface area contributed by atoms with E-state index in [0.29, 0.717) is 0 Å². The van der Waals surface area contributed by atoms with Crippen LogP contribution in [-0.2, 0) is 13.3 Å². The third-order valence-corrected chi connectivity index (χ3v) is 5.96. The summed E-state index contributed by atoms with van der Waals surface area (Å²) in [4.78, 5) is 0. The maximum Gasteiger partial charge on any atom is 0.540 e. The summed E-state index contributed by atoms with van der Waals surface area (Å²) in [5.74, 6) is 0.718. The Morgan fingerprint density at radius 2 is 1.42 bits per heavy atom. The summed E-state index contributed by atoms with van der Waals surface area (Å²) < 4.78 is 22.2. The summed E-state index contributed by atoms with van der Waals surface area (Å²) in [6, 6.07) is 12.0. The van der Waals surface area contributed by atoms with Crippen LogP contribution in [0.1, 0.15) is 0 Å². The van der Waals surface area contributed by atoms with Crippen molar-refractivity contribution in [3.63, 3.8) is 0 Å². The SMILES string of the molecule is COc1ccc2ccccc2c1[Si](OC)(OC)OC. The van der Waals surface area contributed by atoms with E-state index < -0.39 is 8.80 Å². The lowest BCUT2D eigenvalue weighted by Gasteiger charge is -2.27. The van der Waals surface area contributed by atoms with Crippen molar-refractivity contribution in [2.24, 2.45) is 0 Å². The first-order chi connectivity index (χ1) is 9.22. The van der Waals surface area contributed by atoms with E-state index in [0.717, 1.165) is 21.7 Å². The topological polar surface area (TPSA) is 36.9 Å². The Labute approximate surface area is 114 Å². The molecule has 5 heteroatoms. The van der Waals surface area contributed by atoms with Gasteiger partial charge in [-0.15, -0.1) is 0 Å². The van der Waals surface area contributed by atoms with Gasteiger partial charge in [-0.1, -0.05) is 30.3 Å². The Hall–Kier alpha value is -1.40. The average molecular weight is 278 g/mol. The molecule has 0 saturated heterocycles. The molecule has 102 valence electrons. The summed E-state index contributed by atoms with van der Waals surface area (Å²) in [6.07, 6.45) is 0. The van der Waals surface area contributed by atoms with E-state index in [1.165, 1.54) is 0 Å². The van der Waals surface area contributed by atoms with Gasteiger partial charge in [-0.25, -0.2) is 0 Å². The maximum absolute atomic E-state index is 5.59. The van der Waals surface area contributed by atoms with Crippen LogP contribution in [-0.4, -0.2) is 37.2 Å². The molecule has 0 amide bonds. The van der Waals surface area contributed by atoms with Crippen LogP contribution in [0.4, 0.5) is 0 Å². The number of fused-ring (bicyclic) bond motifs is 1. The van der Waals surface area contributed by atoms with E-state index in [-0.39, 0.29) is 0 Å². The highest BCUT2D eigenvalue weighted by atomic mass is 28.4. The zero-order chi connectivity index (χ0) is 13.9. The van der Waals surface area contributed by atoms with E-state index in [1.54, 1.807) is 28.4 Å². The summed E-state index contributed by atoms with van der Waals surface area (Å²) >= 11 is 0. The number of hydrogen-bond acceptors (Lipinski definition) is 4. The van der Waals surface area contributed by atoms with Crippen LogP contribution in [0.15, 0.2) is 36.4 Å². The molecule has 0 spiro atoms. The smallest absolute Gasteiger partial charge is 0.497 e. The molecule has 0 aliphatic heterocycles. The van der Waals surface area contributed by atoms with Crippen molar-refractivity contribution in [2.45, 2.75) is 0 Å². The fourth-order valence-corrected chi connectivity index (χ4v) is 4.45. The minimum absolute atomic E-state index is 0.718. The third kappa shape index (κ3) is 2.26. The fourth-order valence-electron chi connectivity index (χ4n) is 2.29. The van der Waals surface area contributed by atoms with Gasteiger partial charge in [0.15, 0.2) is 0 Å². The molecule has 2 aromatic rings. The van der Waals surface area contributed by atoms with Gasteiger partial charge in [0.25, 0.3) is 0 Å². The maximum atomic E-state index is 5.59. The van der Waals surface area contributed by atoms with Crippen LogP contribution < -0.4 is 9.92 Å². The van der Waals surface area contributed by atoms with Gasteiger partial charge in [-0.05, 0) is 16.8 Å². The molecule has 2 rings (SSSR count). The van der Waals surface area contributed by atoms with Gasteiger partial charge in [-0.3, -0.25) is 0 Å². The Kier molecular flexibility index (Phi) is 4.21. The van der Waals surface area contributed by atoms with Gasteiger partial charge >= 0.3 is 8.80 Å². The van der Waals surface area contributed by atoms with Gasteiger partial charge in [0.2, 0.25) is 0 Å². The van der Waals surface area contributed by atoms with E-state index in [1.807, 2.05) is 36.4 Å². The standard InChI is InChI=1S/C14H18O4Si/c1-15-13-10-9-11-7-5-6-8-12(11)14(13)19(16-2,17-3)18-4/h5-10H,1-4H3. The number of ether oxygens (including phenoxy) is 1. The molecule has 4 nitrogen and oxygen atoms in total. The lowest BCUT2D eigenvalue weighted by molar-refractivity contribution is 0.140. The molecular weight excluding hydrogens is 260 g/mol. The van der Waals surface area contributed by atoms with Gasteiger partial charge in [0, 0.05) is 21.3 Å². The van der Waals surface area contributed by atoms with Crippen LogP contribution in [0.2, 0.25) is 0 Å². The minimum Gasteiger partial charge on any atom is -0.497 e. The second-order valence-electron chi connectivity index (χ2n) is 4.03. The largest absolute Gasteiger partial charge is 0.540 e. The van der Waals surface area contributed by atoms with Crippen LogP contribution in [0, 0.1) is 0 Å². The summed E-state index contributed by atoms with van der Waals surface area (Å²) in [5.41, 5.74) is 0. The van der Waals surface area contributed by atoms with Crippen molar-refractivity contribution in [3.8, 4) is 5.75 Å². The highest BCUT2D eigenvalue weighted by Gasteiger charge is 2.44. The van der Waals surface area contributed by atoms with Crippen molar-refractivity contribution in [1.82, 2.24) is 0 Å². The Balaban J connectivity index is 2.81. The van der Waals surface area contributed by atoms with Crippen molar-refractivity contribution >= 4 is 24.8 Å². The van der Waals surface area contributed by atoms with E-state index >= 15 is 0 Å². The third-order valence-electron chi connectivity index (χ3n) is 3.22. The quantitative estimate of drug-likeness (QED) is 0.783. The normalized spacial score (nSPS) is 11.8. The predicted molar refractivity (Wildman–Crippen MR) is 76.9 cm³/mol. The lowest BCUT2D eigenvalue weighted by Crippen LogP contribution is -2.55. The molecule has 2 aromatic carbocycles. The van der Waals surface area contributed by atoms with Crippen LogP contribution in [0.3, 0.4) is 0 Å². The highest BCUT2D eigenvalue weighted by Crippen LogP contribution is 2.24. The van der Waals surface area contributed by atoms with E-state index in [9.17, 15) is 0 Å². The summed E-state index contributed by atoms with van der Waals surface area (Å²) in [6.45, 7) is 0. The number of benzene rings is 2. The zero-order valence-corrected chi connectivity index (χ0v) is 12.6. The molecule has 0 radical (unpaired) electrons. The lowest BCUT2D eigenvalue weighted by atomic mass is 10.1. The molecule has 19 heavy (non-hydrogen) atoms. The molecule has 0 aliphatic rings.